The molecule has 26 heavy (non-hydrogen) atoms. The predicted molar refractivity (Wildman–Crippen MR) is 112 cm³/mol. The Kier molecular flexibility index (Phi) is 9.23. The summed E-state index contributed by atoms with van der Waals surface area (Å²) in [6.45, 7) is 4.26. The number of carbonyl (C=O) groups is 1. The van der Waals surface area contributed by atoms with Gasteiger partial charge in [-0.15, -0.1) is 24.8 Å². The van der Waals surface area contributed by atoms with Crippen LogP contribution in [-0.4, -0.2) is 41.9 Å². The maximum atomic E-state index is 12.4. The lowest BCUT2D eigenvalue weighted by Gasteiger charge is -2.34. The number of nitrogens with zero attached hydrogens (tertiary/aromatic N) is 2. The predicted octanol–water partition coefficient (Wildman–Crippen LogP) is 3.65. The molecule has 2 N–H and O–H groups in total. The number of piperazine rings is 1. The van der Waals surface area contributed by atoms with Crippen molar-refractivity contribution in [3.05, 3.63) is 64.7 Å². The maximum absolute atomic E-state index is 12.4. The number of hydrogen-bond acceptors (Lipinski definition) is 3. The fourth-order valence-corrected chi connectivity index (χ4v) is 3.05. The van der Waals surface area contributed by atoms with Crippen molar-refractivity contribution >= 4 is 48.0 Å². The number of anilines is 1. The highest BCUT2D eigenvalue weighted by atomic mass is 35.5. The molecule has 0 atom stereocenters. The first-order valence-corrected chi connectivity index (χ1v) is 8.57. The summed E-state index contributed by atoms with van der Waals surface area (Å²) in [5.74, 6) is 0.186. The van der Waals surface area contributed by atoms with E-state index in [9.17, 15) is 4.79 Å². The zero-order chi connectivity index (χ0) is 16.9. The van der Waals surface area contributed by atoms with E-state index in [1.165, 1.54) is 5.56 Å². The van der Waals surface area contributed by atoms with Crippen molar-refractivity contribution in [3.8, 4) is 0 Å². The lowest BCUT2D eigenvalue weighted by atomic mass is 10.1. The van der Waals surface area contributed by atoms with Crippen LogP contribution in [0.15, 0.2) is 48.5 Å². The highest BCUT2D eigenvalue weighted by molar-refractivity contribution is 6.30. The van der Waals surface area contributed by atoms with Crippen molar-refractivity contribution in [2.24, 2.45) is 0 Å². The van der Waals surface area contributed by atoms with Crippen LogP contribution >= 0.6 is 36.4 Å². The van der Waals surface area contributed by atoms with E-state index in [1.54, 1.807) is 0 Å². The summed E-state index contributed by atoms with van der Waals surface area (Å²) in [5.41, 5.74) is 8.67. The number of amides is 1. The first-order chi connectivity index (χ1) is 11.6. The van der Waals surface area contributed by atoms with Gasteiger partial charge >= 0.3 is 0 Å². The molecule has 0 aromatic heterocycles. The zero-order valence-electron chi connectivity index (χ0n) is 14.4. The van der Waals surface area contributed by atoms with Gasteiger partial charge in [0.1, 0.15) is 0 Å². The summed E-state index contributed by atoms with van der Waals surface area (Å²) >= 11 is 5.92. The van der Waals surface area contributed by atoms with Crippen LogP contribution in [0, 0.1) is 0 Å². The molecule has 1 aliphatic rings. The number of benzene rings is 2. The lowest BCUT2D eigenvalue weighted by Crippen LogP contribution is -2.48. The summed E-state index contributed by atoms with van der Waals surface area (Å²) < 4.78 is 0. The average Bonchev–Trinajstić information content (AvgIpc) is 2.59. The highest BCUT2D eigenvalue weighted by Crippen LogP contribution is 2.14. The van der Waals surface area contributed by atoms with Crippen molar-refractivity contribution < 1.29 is 4.79 Å². The van der Waals surface area contributed by atoms with Crippen molar-refractivity contribution in [1.29, 1.82) is 0 Å². The van der Waals surface area contributed by atoms with Gasteiger partial charge in [0.15, 0.2) is 0 Å². The third kappa shape index (κ3) is 6.36. The van der Waals surface area contributed by atoms with Crippen molar-refractivity contribution in [1.82, 2.24) is 9.80 Å². The Morgan fingerprint density at radius 3 is 2.00 bits per heavy atom. The molecule has 0 unspecified atom stereocenters. The van der Waals surface area contributed by atoms with E-state index in [4.69, 9.17) is 17.3 Å². The topological polar surface area (TPSA) is 49.6 Å². The van der Waals surface area contributed by atoms with Gasteiger partial charge in [-0.3, -0.25) is 9.69 Å². The molecule has 1 fully saturated rings. The largest absolute Gasteiger partial charge is 0.399 e. The summed E-state index contributed by atoms with van der Waals surface area (Å²) in [6.07, 6.45) is 0.442. The molecule has 7 heteroatoms. The van der Waals surface area contributed by atoms with Crippen LogP contribution in [0.3, 0.4) is 0 Å². The fraction of sp³-hybridized carbons (Fsp3) is 0.316. The minimum Gasteiger partial charge on any atom is -0.399 e. The zero-order valence-corrected chi connectivity index (χ0v) is 16.8. The third-order valence-corrected chi connectivity index (χ3v) is 4.63. The average molecular weight is 417 g/mol. The Morgan fingerprint density at radius 2 is 1.42 bits per heavy atom. The van der Waals surface area contributed by atoms with E-state index in [0.29, 0.717) is 6.42 Å². The Balaban J connectivity index is 0.00000169. The quantitative estimate of drug-likeness (QED) is 0.774. The van der Waals surface area contributed by atoms with Gasteiger partial charge in [-0.1, -0.05) is 35.9 Å². The lowest BCUT2D eigenvalue weighted by molar-refractivity contribution is -0.132. The van der Waals surface area contributed by atoms with Crippen LogP contribution in [0.25, 0.3) is 0 Å². The van der Waals surface area contributed by atoms with Crippen LogP contribution in [0.5, 0.6) is 0 Å². The molecule has 3 rings (SSSR count). The van der Waals surface area contributed by atoms with Gasteiger partial charge in [-0.25, -0.2) is 0 Å². The molecule has 2 aromatic rings. The minimum atomic E-state index is 0. The van der Waals surface area contributed by atoms with Crippen LogP contribution in [0.2, 0.25) is 5.02 Å². The molecule has 0 saturated carbocycles. The van der Waals surface area contributed by atoms with E-state index in [2.05, 4.69) is 17.0 Å². The third-order valence-electron chi connectivity index (χ3n) is 4.38. The Hall–Kier alpha value is -1.46. The molecule has 0 bridgehead atoms. The van der Waals surface area contributed by atoms with E-state index >= 15 is 0 Å². The number of rotatable bonds is 4. The number of carbonyl (C=O) groups excluding carboxylic acids is 1. The first-order valence-electron chi connectivity index (χ1n) is 8.19. The van der Waals surface area contributed by atoms with Gasteiger partial charge in [0, 0.05) is 43.4 Å². The van der Waals surface area contributed by atoms with Crippen molar-refractivity contribution in [3.63, 3.8) is 0 Å². The number of halogens is 3. The van der Waals surface area contributed by atoms with E-state index in [1.807, 2.05) is 41.3 Å². The summed E-state index contributed by atoms with van der Waals surface area (Å²) in [4.78, 5) is 16.7. The second-order valence-corrected chi connectivity index (χ2v) is 6.64. The molecule has 1 saturated heterocycles. The molecule has 1 amide bonds. The minimum absolute atomic E-state index is 0. The van der Waals surface area contributed by atoms with E-state index in [0.717, 1.165) is 49.0 Å². The molecule has 0 radical (unpaired) electrons. The van der Waals surface area contributed by atoms with Gasteiger partial charge in [0.2, 0.25) is 5.91 Å². The summed E-state index contributed by atoms with van der Waals surface area (Å²) in [7, 11) is 0. The second-order valence-electron chi connectivity index (χ2n) is 6.20. The number of hydrogen-bond donors (Lipinski definition) is 1. The second kappa shape index (κ2) is 10.6. The fourth-order valence-electron chi connectivity index (χ4n) is 2.93. The van der Waals surface area contributed by atoms with Gasteiger partial charge in [-0.05, 0) is 35.4 Å². The summed E-state index contributed by atoms with van der Waals surface area (Å²) in [6, 6.07) is 15.5. The molecule has 2 aromatic carbocycles. The van der Waals surface area contributed by atoms with Crippen LogP contribution in [0.4, 0.5) is 5.69 Å². The summed E-state index contributed by atoms with van der Waals surface area (Å²) in [5, 5.41) is 0.761. The van der Waals surface area contributed by atoms with Gasteiger partial charge in [0.05, 0.1) is 6.42 Å². The Bertz CT molecular complexity index is 684. The molecular formula is C19H24Cl3N3O. The first kappa shape index (κ1) is 22.6. The van der Waals surface area contributed by atoms with Gasteiger partial charge in [0.25, 0.3) is 0 Å². The molecular weight excluding hydrogens is 393 g/mol. The van der Waals surface area contributed by atoms with Gasteiger partial charge in [-0.2, -0.15) is 0 Å². The standard InChI is InChI=1S/C19H22ClN3O.2ClH/c20-17-5-1-16(2-6-17)14-22-9-11-23(12-10-22)19(24)13-15-3-7-18(21)8-4-15;;/h1-8H,9-14,21H2;2*1H. The van der Waals surface area contributed by atoms with Crippen LogP contribution in [0.1, 0.15) is 11.1 Å². The van der Waals surface area contributed by atoms with Gasteiger partial charge < -0.3 is 10.6 Å². The molecule has 0 aliphatic carbocycles. The molecule has 1 aliphatic heterocycles. The SMILES string of the molecule is Cl.Cl.Nc1ccc(CC(=O)N2CCN(Cc3ccc(Cl)cc3)CC2)cc1. The van der Waals surface area contributed by atoms with Crippen LogP contribution < -0.4 is 5.73 Å². The molecule has 1 heterocycles. The Morgan fingerprint density at radius 1 is 0.885 bits per heavy atom. The Labute approximate surface area is 172 Å². The van der Waals surface area contributed by atoms with Crippen molar-refractivity contribution in [2.75, 3.05) is 31.9 Å². The molecule has 142 valence electrons. The molecule has 4 nitrogen and oxygen atoms in total. The maximum Gasteiger partial charge on any atom is 0.227 e. The van der Waals surface area contributed by atoms with E-state index in [-0.39, 0.29) is 30.7 Å². The molecule has 0 spiro atoms. The number of nitrogen functional groups attached to an aromatic ring is 1. The van der Waals surface area contributed by atoms with Crippen molar-refractivity contribution in [2.45, 2.75) is 13.0 Å². The monoisotopic (exact) mass is 415 g/mol. The normalized spacial score (nSPS) is 14.3. The number of nitrogens with two attached hydrogens (primary N) is 1. The van der Waals surface area contributed by atoms with Crippen LogP contribution in [-0.2, 0) is 17.8 Å². The smallest absolute Gasteiger partial charge is 0.227 e. The highest BCUT2D eigenvalue weighted by Gasteiger charge is 2.21. The van der Waals surface area contributed by atoms with E-state index < -0.39 is 0 Å².